The van der Waals surface area contributed by atoms with E-state index in [1.165, 1.54) is 0 Å². The molecule has 0 aromatic heterocycles. The van der Waals surface area contributed by atoms with Crippen molar-refractivity contribution in [3.63, 3.8) is 0 Å². The molecule has 0 unspecified atom stereocenters. The summed E-state index contributed by atoms with van der Waals surface area (Å²) in [5.41, 5.74) is 0.940. The zero-order chi connectivity index (χ0) is 14.2. The molecule has 4 nitrogen and oxygen atoms in total. The number of benzene rings is 1. The molecule has 1 aliphatic rings. The average molecular weight is 274 g/mol. The van der Waals surface area contributed by atoms with E-state index in [1.54, 1.807) is 6.08 Å². The summed E-state index contributed by atoms with van der Waals surface area (Å²) < 4.78 is 5.55. The number of nitrogens with one attached hydrogen (secondary N) is 1. The minimum absolute atomic E-state index is 0.0694. The van der Waals surface area contributed by atoms with Crippen molar-refractivity contribution in [3.8, 4) is 5.75 Å². The van der Waals surface area contributed by atoms with Crippen molar-refractivity contribution in [3.05, 3.63) is 35.9 Å². The molecule has 1 heterocycles. The summed E-state index contributed by atoms with van der Waals surface area (Å²) in [6, 6.07) is 7.76. The number of rotatable bonds is 4. The molecule has 4 heteroatoms. The zero-order valence-electron chi connectivity index (χ0n) is 12.0. The second-order valence-electron chi connectivity index (χ2n) is 4.73. The molecular weight excluding hydrogens is 252 g/mol. The molecule has 1 amide bonds. The number of ether oxygens (including phenoxy) is 1. The maximum atomic E-state index is 12.2. The number of para-hydroxylation sites is 1. The highest BCUT2D eigenvalue weighted by Crippen LogP contribution is 2.19. The van der Waals surface area contributed by atoms with Crippen LogP contribution < -0.4 is 10.1 Å². The fourth-order valence-electron chi connectivity index (χ4n) is 2.24. The maximum absolute atomic E-state index is 12.2. The van der Waals surface area contributed by atoms with Gasteiger partial charge in [-0.25, -0.2) is 0 Å². The number of amides is 1. The Bertz CT molecular complexity index is 463. The lowest BCUT2D eigenvalue weighted by Gasteiger charge is -2.17. The summed E-state index contributed by atoms with van der Waals surface area (Å²) >= 11 is 0. The van der Waals surface area contributed by atoms with Gasteiger partial charge in [-0.15, -0.1) is 0 Å². The third-order valence-corrected chi connectivity index (χ3v) is 3.28. The number of carbonyl (C=O) groups is 1. The van der Waals surface area contributed by atoms with E-state index in [2.05, 4.69) is 5.32 Å². The van der Waals surface area contributed by atoms with Gasteiger partial charge in [0.25, 0.3) is 0 Å². The van der Waals surface area contributed by atoms with Crippen molar-refractivity contribution in [2.75, 3.05) is 32.8 Å². The summed E-state index contributed by atoms with van der Waals surface area (Å²) in [6.07, 6.45) is 4.49. The van der Waals surface area contributed by atoms with Crippen LogP contribution in [0.3, 0.4) is 0 Å². The summed E-state index contributed by atoms with van der Waals surface area (Å²) in [5.74, 6) is 0.886. The van der Waals surface area contributed by atoms with Gasteiger partial charge in [0.1, 0.15) is 5.75 Å². The molecule has 0 radical (unpaired) electrons. The van der Waals surface area contributed by atoms with Gasteiger partial charge < -0.3 is 15.0 Å². The molecule has 20 heavy (non-hydrogen) atoms. The Kier molecular flexibility index (Phi) is 5.62. The van der Waals surface area contributed by atoms with Crippen LogP contribution in [0.15, 0.2) is 30.3 Å². The monoisotopic (exact) mass is 274 g/mol. The van der Waals surface area contributed by atoms with Crippen LogP contribution in [-0.2, 0) is 4.79 Å². The third kappa shape index (κ3) is 4.10. The molecule has 1 fully saturated rings. The minimum Gasteiger partial charge on any atom is -0.493 e. The lowest BCUT2D eigenvalue weighted by molar-refractivity contribution is -0.125. The van der Waals surface area contributed by atoms with Gasteiger partial charge in [-0.1, -0.05) is 18.2 Å². The first-order chi connectivity index (χ1) is 9.81. The van der Waals surface area contributed by atoms with Crippen LogP contribution >= 0.6 is 0 Å². The number of nitrogens with zero attached hydrogens (tertiary/aromatic N) is 1. The predicted octanol–water partition coefficient (Wildman–Crippen LogP) is 1.92. The summed E-state index contributed by atoms with van der Waals surface area (Å²) in [7, 11) is 0. The number of hydrogen-bond acceptors (Lipinski definition) is 3. The number of hydrogen-bond donors (Lipinski definition) is 1. The van der Waals surface area contributed by atoms with Crippen molar-refractivity contribution in [1.29, 1.82) is 0 Å². The predicted molar refractivity (Wildman–Crippen MR) is 80.7 cm³/mol. The van der Waals surface area contributed by atoms with Crippen LogP contribution in [0.1, 0.15) is 18.9 Å². The van der Waals surface area contributed by atoms with E-state index in [0.29, 0.717) is 6.61 Å². The molecule has 0 atom stereocenters. The van der Waals surface area contributed by atoms with Crippen molar-refractivity contribution in [2.45, 2.75) is 13.3 Å². The standard InChI is InChI=1S/C16H22N2O2/c1-2-20-15-7-4-3-6-14(15)8-9-16(19)18-12-5-10-17-11-13-18/h3-4,6-9,17H,2,5,10-13H2,1H3/b9-8+. The topological polar surface area (TPSA) is 41.6 Å². The molecule has 0 aliphatic carbocycles. The first kappa shape index (κ1) is 14.6. The van der Waals surface area contributed by atoms with Gasteiger partial charge in [-0.05, 0) is 32.0 Å². The van der Waals surface area contributed by atoms with Gasteiger partial charge in [0.05, 0.1) is 6.61 Å². The van der Waals surface area contributed by atoms with Crippen molar-refractivity contribution < 1.29 is 9.53 Å². The quantitative estimate of drug-likeness (QED) is 0.853. The largest absolute Gasteiger partial charge is 0.493 e. The smallest absolute Gasteiger partial charge is 0.246 e. The summed E-state index contributed by atoms with van der Waals surface area (Å²) in [6.45, 7) is 6.03. The van der Waals surface area contributed by atoms with Crippen LogP contribution in [0.2, 0.25) is 0 Å². The summed E-state index contributed by atoms with van der Waals surface area (Å²) in [4.78, 5) is 14.1. The van der Waals surface area contributed by atoms with Crippen LogP contribution in [0.25, 0.3) is 6.08 Å². The minimum atomic E-state index is 0.0694. The molecule has 0 spiro atoms. The van der Waals surface area contributed by atoms with Gasteiger partial charge in [-0.3, -0.25) is 4.79 Å². The molecule has 1 aliphatic heterocycles. The maximum Gasteiger partial charge on any atom is 0.246 e. The Morgan fingerprint density at radius 2 is 2.20 bits per heavy atom. The Morgan fingerprint density at radius 3 is 3.05 bits per heavy atom. The highest BCUT2D eigenvalue weighted by Gasteiger charge is 2.12. The fourth-order valence-corrected chi connectivity index (χ4v) is 2.24. The molecule has 0 saturated carbocycles. The second-order valence-corrected chi connectivity index (χ2v) is 4.73. The Hall–Kier alpha value is -1.81. The Balaban J connectivity index is 2.02. The van der Waals surface area contributed by atoms with E-state index in [0.717, 1.165) is 43.9 Å². The van der Waals surface area contributed by atoms with Crippen molar-refractivity contribution in [2.24, 2.45) is 0 Å². The lowest BCUT2D eigenvalue weighted by Crippen LogP contribution is -2.32. The van der Waals surface area contributed by atoms with Crippen LogP contribution in [0.5, 0.6) is 5.75 Å². The van der Waals surface area contributed by atoms with Gasteiger partial charge in [0.2, 0.25) is 5.91 Å². The lowest BCUT2D eigenvalue weighted by atomic mass is 10.2. The molecule has 2 rings (SSSR count). The van der Waals surface area contributed by atoms with E-state index < -0.39 is 0 Å². The zero-order valence-corrected chi connectivity index (χ0v) is 12.0. The van der Waals surface area contributed by atoms with E-state index in [4.69, 9.17) is 4.74 Å². The molecule has 0 bridgehead atoms. The first-order valence-corrected chi connectivity index (χ1v) is 7.21. The number of carbonyl (C=O) groups excluding carboxylic acids is 1. The van der Waals surface area contributed by atoms with Crippen LogP contribution in [0.4, 0.5) is 0 Å². The van der Waals surface area contributed by atoms with Gasteiger partial charge in [0.15, 0.2) is 0 Å². The molecule has 1 aromatic carbocycles. The van der Waals surface area contributed by atoms with E-state index in [1.807, 2.05) is 42.2 Å². The normalized spacial score (nSPS) is 16.1. The molecule has 1 aromatic rings. The average Bonchev–Trinajstić information content (AvgIpc) is 2.75. The van der Waals surface area contributed by atoms with Gasteiger partial charge in [-0.2, -0.15) is 0 Å². The third-order valence-electron chi connectivity index (χ3n) is 3.28. The van der Waals surface area contributed by atoms with E-state index >= 15 is 0 Å². The molecule has 1 saturated heterocycles. The highest BCUT2D eigenvalue weighted by atomic mass is 16.5. The van der Waals surface area contributed by atoms with Crippen LogP contribution in [0, 0.1) is 0 Å². The molecule has 1 N–H and O–H groups in total. The highest BCUT2D eigenvalue weighted by molar-refractivity contribution is 5.92. The molecule has 108 valence electrons. The van der Waals surface area contributed by atoms with Gasteiger partial charge >= 0.3 is 0 Å². The van der Waals surface area contributed by atoms with Crippen molar-refractivity contribution >= 4 is 12.0 Å². The van der Waals surface area contributed by atoms with E-state index in [9.17, 15) is 4.79 Å². The fraction of sp³-hybridized carbons (Fsp3) is 0.438. The van der Waals surface area contributed by atoms with E-state index in [-0.39, 0.29) is 5.91 Å². The second kappa shape index (κ2) is 7.70. The van der Waals surface area contributed by atoms with Crippen molar-refractivity contribution in [1.82, 2.24) is 10.2 Å². The SMILES string of the molecule is CCOc1ccccc1/C=C/C(=O)N1CCCNCC1. The van der Waals surface area contributed by atoms with Gasteiger partial charge in [0, 0.05) is 31.3 Å². The molecular formula is C16H22N2O2. The first-order valence-electron chi connectivity index (χ1n) is 7.21. The van der Waals surface area contributed by atoms with Crippen LogP contribution in [-0.4, -0.2) is 43.6 Å². The Labute approximate surface area is 120 Å². The Morgan fingerprint density at radius 1 is 1.35 bits per heavy atom. The summed E-state index contributed by atoms with van der Waals surface area (Å²) in [5, 5.41) is 3.29.